The molecule has 1 aromatic rings. The van der Waals surface area contributed by atoms with E-state index in [4.69, 9.17) is 16.3 Å². The monoisotopic (exact) mass is 246 g/mol. The number of rotatable bonds is 5. The summed E-state index contributed by atoms with van der Waals surface area (Å²) in [5.41, 5.74) is 0. The molecular formula is C10H15ClN2OS. The minimum absolute atomic E-state index is 0.465. The van der Waals surface area contributed by atoms with Crippen molar-refractivity contribution in [2.24, 2.45) is 0 Å². The van der Waals surface area contributed by atoms with Crippen molar-refractivity contribution in [1.82, 2.24) is 10.3 Å². The Balaban J connectivity index is 1.64. The smallest absolute Gasteiger partial charge is 0.113 e. The van der Waals surface area contributed by atoms with Crippen LogP contribution in [0.2, 0.25) is 4.34 Å². The number of halogens is 1. The molecule has 15 heavy (non-hydrogen) atoms. The average Bonchev–Trinajstić information content (AvgIpc) is 2.55. The Labute approximate surface area is 98.8 Å². The van der Waals surface area contributed by atoms with Gasteiger partial charge in [0.2, 0.25) is 0 Å². The lowest BCUT2D eigenvalue weighted by Crippen LogP contribution is -2.45. The Morgan fingerprint density at radius 1 is 1.67 bits per heavy atom. The highest BCUT2D eigenvalue weighted by Gasteiger charge is 2.28. The topological polar surface area (TPSA) is 34.1 Å². The lowest BCUT2D eigenvalue weighted by atomic mass is 9.89. The van der Waals surface area contributed by atoms with E-state index in [1.165, 1.54) is 11.3 Å². The van der Waals surface area contributed by atoms with Gasteiger partial charge in [0.25, 0.3) is 0 Å². The van der Waals surface area contributed by atoms with Gasteiger partial charge in [0.05, 0.1) is 12.3 Å². The zero-order chi connectivity index (χ0) is 10.7. The minimum Gasteiger partial charge on any atom is -0.378 e. The highest BCUT2D eigenvalue weighted by molar-refractivity contribution is 7.15. The molecule has 2 rings (SSSR count). The SMILES string of the molecule is CCOC1CC(NCc2ncc(Cl)s2)C1. The van der Waals surface area contributed by atoms with Crippen LogP contribution in [0.25, 0.3) is 0 Å². The predicted molar refractivity (Wildman–Crippen MR) is 62.4 cm³/mol. The van der Waals surface area contributed by atoms with E-state index in [1.807, 2.05) is 6.92 Å². The van der Waals surface area contributed by atoms with Crippen molar-refractivity contribution in [3.05, 3.63) is 15.5 Å². The van der Waals surface area contributed by atoms with E-state index in [2.05, 4.69) is 10.3 Å². The molecule has 1 heterocycles. The molecule has 1 N–H and O–H groups in total. The zero-order valence-corrected chi connectivity index (χ0v) is 10.3. The standard InChI is InChI=1S/C10H15ClN2OS/c1-2-14-8-3-7(4-8)12-6-10-13-5-9(11)15-10/h5,7-8,12H,2-4,6H2,1H3. The van der Waals surface area contributed by atoms with Crippen molar-refractivity contribution in [2.45, 2.75) is 38.5 Å². The highest BCUT2D eigenvalue weighted by Crippen LogP contribution is 2.24. The maximum absolute atomic E-state index is 5.80. The fraction of sp³-hybridized carbons (Fsp3) is 0.700. The second-order valence-corrected chi connectivity index (χ2v) is 5.43. The lowest BCUT2D eigenvalue weighted by molar-refractivity contribution is -0.0102. The third-order valence-corrected chi connectivity index (χ3v) is 3.68. The summed E-state index contributed by atoms with van der Waals surface area (Å²) < 4.78 is 6.25. The third kappa shape index (κ3) is 3.14. The third-order valence-electron chi connectivity index (χ3n) is 2.56. The van der Waals surface area contributed by atoms with E-state index in [-0.39, 0.29) is 0 Å². The van der Waals surface area contributed by atoms with Gasteiger partial charge >= 0.3 is 0 Å². The van der Waals surface area contributed by atoms with Gasteiger partial charge in [0.1, 0.15) is 9.34 Å². The number of ether oxygens (including phenoxy) is 1. The number of nitrogens with zero attached hydrogens (tertiary/aromatic N) is 1. The van der Waals surface area contributed by atoms with Crippen molar-refractivity contribution >= 4 is 22.9 Å². The fourth-order valence-electron chi connectivity index (χ4n) is 1.71. The highest BCUT2D eigenvalue weighted by atomic mass is 35.5. The van der Waals surface area contributed by atoms with Crippen LogP contribution in [0.4, 0.5) is 0 Å². The van der Waals surface area contributed by atoms with Crippen molar-refractivity contribution < 1.29 is 4.74 Å². The van der Waals surface area contributed by atoms with E-state index >= 15 is 0 Å². The van der Waals surface area contributed by atoms with Crippen LogP contribution in [0.1, 0.15) is 24.8 Å². The molecule has 3 nitrogen and oxygen atoms in total. The molecule has 0 aliphatic heterocycles. The Hall–Kier alpha value is -0.160. The van der Waals surface area contributed by atoms with Gasteiger partial charge in [-0.3, -0.25) is 0 Å². The normalized spacial score (nSPS) is 25.2. The number of nitrogens with one attached hydrogen (secondary N) is 1. The van der Waals surface area contributed by atoms with E-state index < -0.39 is 0 Å². The van der Waals surface area contributed by atoms with Gasteiger partial charge in [-0.05, 0) is 19.8 Å². The number of aromatic nitrogens is 1. The van der Waals surface area contributed by atoms with Crippen LogP contribution in [0.5, 0.6) is 0 Å². The first kappa shape index (κ1) is 11.3. The largest absolute Gasteiger partial charge is 0.378 e. The van der Waals surface area contributed by atoms with Crippen LogP contribution in [-0.4, -0.2) is 23.7 Å². The first-order chi connectivity index (χ1) is 7.28. The molecule has 1 aromatic heterocycles. The van der Waals surface area contributed by atoms with Gasteiger partial charge in [-0.1, -0.05) is 11.6 Å². The van der Waals surface area contributed by atoms with Crippen molar-refractivity contribution in [3.8, 4) is 0 Å². The first-order valence-corrected chi connectivity index (χ1v) is 6.42. The molecule has 84 valence electrons. The molecule has 0 unspecified atom stereocenters. The summed E-state index contributed by atoms with van der Waals surface area (Å²) in [6, 6.07) is 0.587. The fourth-order valence-corrected chi connectivity index (χ4v) is 2.61. The average molecular weight is 247 g/mol. The Morgan fingerprint density at radius 3 is 3.07 bits per heavy atom. The van der Waals surface area contributed by atoms with Crippen LogP contribution in [0, 0.1) is 0 Å². The molecule has 1 aliphatic rings. The number of hydrogen-bond acceptors (Lipinski definition) is 4. The van der Waals surface area contributed by atoms with Crippen LogP contribution in [0.3, 0.4) is 0 Å². The predicted octanol–water partition coefficient (Wildman–Crippen LogP) is 2.45. The molecule has 0 spiro atoms. The van der Waals surface area contributed by atoms with E-state index in [1.54, 1.807) is 6.20 Å². The van der Waals surface area contributed by atoms with Gasteiger partial charge in [-0.15, -0.1) is 11.3 Å². The summed E-state index contributed by atoms with van der Waals surface area (Å²) in [6.07, 6.45) is 4.40. The van der Waals surface area contributed by atoms with Gasteiger partial charge in [0.15, 0.2) is 0 Å². The minimum atomic E-state index is 0.465. The second-order valence-electron chi connectivity index (χ2n) is 3.68. The molecule has 0 bridgehead atoms. The Bertz CT molecular complexity index is 312. The molecule has 1 fully saturated rings. The van der Waals surface area contributed by atoms with Gasteiger partial charge in [-0.25, -0.2) is 4.98 Å². The number of hydrogen-bond donors (Lipinski definition) is 1. The lowest BCUT2D eigenvalue weighted by Gasteiger charge is -2.35. The summed E-state index contributed by atoms with van der Waals surface area (Å²) in [5, 5.41) is 4.50. The Morgan fingerprint density at radius 2 is 2.47 bits per heavy atom. The van der Waals surface area contributed by atoms with Gasteiger partial charge < -0.3 is 10.1 Å². The van der Waals surface area contributed by atoms with Crippen molar-refractivity contribution in [3.63, 3.8) is 0 Å². The van der Waals surface area contributed by atoms with Gasteiger partial charge in [-0.2, -0.15) is 0 Å². The molecule has 1 saturated carbocycles. The van der Waals surface area contributed by atoms with E-state index in [9.17, 15) is 0 Å². The molecule has 5 heteroatoms. The molecular weight excluding hydrogens is 232 g/mol. The summed E-state index contributed by atoms with van der Waals surface area (Å²) in [6.45, 7) is 3.68. The van der Waals surface area contributed by atoms with Crippen LogP contribution in [-0.2, 0) is 11.3 Å². The summed E-state index contributed by atoms with van der Waals surface area (Å²) in [7, 11) is 0. The van der Waals surface area contributed by atoms with E-state index in [0.29, 0.717) is 12.1 Å². The first-order valence-electron chi connectivity index (χ1n) is 5.23. The van der Waals surface area contributed by atoms with Crippen molar-refractivity contribution in [2.75, 3.05) is 6.61 Å². The van der Waals surface area contributed by atoms with Crippen molar-refractivity contribution in [1.29, 1.82) is 0 Å². The second kappa shape index (κ2) is 5.25. The van der Waals surface area contributed by atoms with Crippen LogP contribution >= 0.6 is 22.9 Å². The molecule has 0 radical (unpaired) electrons. The molecule has 0 saturated heterocycles. The molecule has 0 aromatic carbocycles. The van der Waals surface area contributed by atoms with E-state index in [0.717, 1.165) is 35.3 Å². The maximum Gasteiger partial charge on any atom is 0.113 e. The quantitative estimate of drug-likeness (QED) is 0.867. The molecule has 0 amide bonds. The maximum atomic E-state index is 5.80. The van der Waals surface area contributed by atoms with Crippen LogP contribution < -0.4 is 5.32 Å². The Kier molecular flexibility index (Phi) is 3.97. The summed E-state index contributed by atoms with van der Waals surface area (Å²) in [4.78, 5) is 4.19. The van der Waals surface area contributed by atoms with Crippen LogP contribution in [0.15, 0.2) is 6.20 Å². The van der Waals surface area contributed by atoms with Gasteiger partial charge in [0, 0.05) is 19.2 Å². The summed E-state index contributed by atoms with van der Waals surface area (Å²) in [5.74, 6) is 0. The zero-order valence-electron chi connectivity index (χ0n) is 8.70. The molecule has 1 aliphatic carbocycles. The molecule has 0 atom stereocenters. The summed E-state index contributed by atoms with van der Waals surface area (Å²) >= 11 is 7.33. The number of thiazole rings is 1.